The van der Waals surface area contributed by atoms with E-state index in [0.29, 0.717) is 11.7 Å². The monoisotopic (exact) mass is 260 g/mol. The average Bonchev–Trinajstić information content (AvgIpc) is 3.03. The highest BCUT2D eigenvalue weighted by molar-refractivity contribution is 6.01. The number of ether oxygens (including phenoxy) is 2. The Morgan fingerprint density at radius 3 is 2.68 bits per heavy atom. The molecular weight excluding hydrogens is 240 g/mol. The molecule has 0 saturated carbocycles. The first kappa shape index (κ1) is 12.7. The highest BCUT2D eigenvalue weighted by atomic mass is 16.5. The molecule has 3 nitrogen and oxygen atoms in total. The van der Waals surface area contributed by atoms with Gasteiger partial charge in [0.05, 0.1) is 30.8 Å². The van der Waals surface area contributed by atoms with Gasteiger partial charge < -0.3 is 9.47 Å². The second-order valence-electron chi connectivity index (χ2n) is 5.67. The van der Waals surface area contributed by atoms with Crippen molar-refractivity contribution in [3.8, 4) is 5.75 Å². The summed E-state index contributed by atoms with van der Waals surface area (Å²) in [6.45, 7) is 4.04. The van der Waals surface area contributed by atoms with Gasteiger partial charge >= 0.3 is 0 Å². The van der Waals surface area contributed by atoms with Crippen LogP contribution in [0, 0.1) is 19.8 Å². The zero-order valence-corrected chi connectivity index (χ0v) is 11.7. The molecule has 0 N–H and O–H groups in total. The van der Waals surface area contributed by atoms with E-state index in [0.717, 1.165) is 36.1 Å². The predicted octanol–water partition coefficient (Wildman–Crippen LogP) is 3.06. The van der Waals surface area contributed by atoms with E-state index in [1.54, 1.807) is 7.11 Å². The number of rotatable bonds is 3. The van der Waals surface area contributed by atoms with Crippen LogP contribution in [0.15, 0.2) is 12.1 Å². The van der Waals surface area contributed by atoms with Crippen LogP contribution in [0.5, 0.6) is 5.75 Å². The van der Waals surface area contributed by atoms with Crippen molar-refractivity contribution in [2.24, 2.45) is 5.92 Å². The van der Waals surface area contributed by atoms with E-state index in [2.05, 4.69) is 0 Å². The number of fused-ring (bicyclic) bond motifs is 2. The third-order valence-corrected chi connectivity index (χ3v) is 4.59. The highest BCUT2D eigenvalue weighted by Crippen LogP contribution is 2.41. The van der Waals surface area contributed by atoms with Crippen LogP contribution < -0.4 is 4.74 Å². The molecular formula is C16H20O3. The van der Waals surface area contributed by atoms with E-state index in [4.69, 9.17) is 9.47 Å². The maximum Gasteiger partial charge on any atom is 0.172 e. The summed E-state index contributed by atoms with van der Waals surface area (Å²) in [5, 5.41) is 0. The average molecular weight is 260 g/mol. The second kappa shape index (κ2) is 4.64. The van der Waals surface area contributed by atoms with Gasteiger partial charge in [-0.1, -0.05) is 6.07 Å². The Kier molecular flexibility index (Phi) is 3.09. The van der Waals surface area contributed by atoms with Gasteiger partial charge in [-0.25, -0.2) is 0 Å². The maximum absolute atomic E-state index is 12.7. The van der Waals surface area contributed by atoms with Crippen LogP contribution in [0.1, 0.15) is 40.7 Å². The van der Waals surface area contributed by atoms with Crippen LogP contribution in [0.25, 0.3) is 0 Å². The van der Waals surface area contributed by atoms with E-state index < -0.39 is 0 Å². The molecule has 3 atom stereocenters. The molecule has 2 heterocycles. The van der Waals surface area contributed by atoms with Gasteiger partial charge in [-0.3, -0.25) is 4.79 Å². The number of Topliss-reactive ketones (excluding diaryl/α,β-unsaturated/α-hetero) is 1. The molecule has 2 aliphatic rings. The Morgan fingerprint density at radius 2 is 2.11 bits per heavy atom. The smallest absolute Gasteiger partial charge is 0.172 e. The lowest BCUT2D eigenvalue weighted by molar-refractivity contribution is 0.0741. The van der Waals surface area contributed by atoms with Gasteiger partial charge in [0.1, 0.15) is 5.75 Å². The minimum absolute atomic E-state index is 0.0229. The van der Waals surface area contributed by atoms with Crippen molar-refractivity contribution in [1.82, 2.24) is 0 Å². The Labute approximate surface area is 113 Å². The quantitative estimate of drug-likeness (QED) is 0.783. The molecule has 3 heteroatoms. The number of hydrogen-bond acceptors (Lipinski definition) is 3. The zero-order chi connectivity index (χ0) is 13.6. The third-order valence-electron chi connectivity index (χ3n) is 4.59. The lowest BCUT2D eigenvalue weighted by atomic mass is 9.83. The minimum Gasteiger partial charge on any atom is -0.496 e. The van der Waals surface area contributed by atoms with Crippen molar-refractivity contribution in [3.05, 3.63) is 28.8 Å². The number of ketones is 1. The van der Waals surface area contributed by atoms with E-state index >= 15 is 0 Å². The standard InChI is InChI=1S/C16H20O3/c1-9-4-6-12(16(18-3)10(9)2)15(17)13-8-11-5-7-14(13)19-11/h4,6,11,13-14H,5,7-8H2,1-3H3. The fourth-order valence-electron chi connectivity index (χ4n) is 3.36. The normalized spacial score (nSPS) is 28.7. The van der Waals surface area contributed by atoms with Gasteiger partial charge in [-0.05, 0) is 50.3 Å². The van der Waals surface area contributed by atoms with Crippen LogP contribution in [0.4, 0.5) is 0 Å². The van der Waals surface area contributed by atoms with Crippen LogP contribution in [-0.2, 0) is 4.74 Å². The van der Waals surface area contributed by atoms with Crippen LogP contribution >= 0.6 is 0 Å². The molecule has 102 valence electrons. The van der Waals surface area contributed by atoms with E-state index in [9.17, 15) is 4.79 Å². The van der Waals surface area contributed by atoms with Crippen molar-refractivity contribution in [2.75, 3.05) is 7.11 Å². The second-order valence-corrected chi connectivity index (χ2v) is 5.67. The van der Waals surface area contributed by atoms with Crippen molar-refractivity contribution in [1.29, 1.82) is 0 Å². The summed E-state index contributed by atoms with van der Waals surface area (Å²) < 4.78 is 11.2. The number of benzene rings is 1. The lowest BCUT2D eigenvalue weighted by Crippen LogP contribution is -2.26. The number of carbonyl (C=O) groups is 1. The largest absolute Gasteiger partial charge is 0.496 e. The zero-order valence-electron chi connectivity index (χ0n) is 11.7. The van der Waals surface area contributed by atoms with E-state index in [1.165, 1.54) is 0 Å². The number of methoxy groups -OCH3 is 1. The first-order valence-corrected chi connectivity index (χ1v) is 6.95. The summed E-state index contributed by atoms with van der Waals surface area (Å²) in [6.07, 6.45) is 3.44. The third kappa shape index (κ3) is 1.96. The summed E-state index contributed by atoms with van der Waals surface area (Å²) in [5.74, 6) is 0.940. The molecule has 0 radical (unpaired) electrons. The fraction of sp³-hybridized carbons (Fsp3) is 0.562. The Balaban J connectivity index is 1.94. The molecule has 2 fully saturated rings. The first-order chi connectivity index (χ1) is 9.11. The van der Waals surface area contributed by atoms with Crippen LogP contribution in [-0.4, -0.2) is 25.1 Å². The summed E-state index contributed by atoms with van der Waals surface area (Å²) in [5.41, 5.74) is 2.92. The van der Waals surface area contributed by atoms with Gasteiger partial charge in [-0.2, -0.15) is 0 Å². The van der Waals surface area contributed by atoms with Crippen molar-refractivity contribution in [3.63, 3.8) is 0 Å². The molecule has 2 saturated heterocycles. The van der Waals surface area contributed by atoms with Crippen LogP contribution in [0.2, 0.25) is 0 Å². The van der Waals surface area contributed by atoms with Crippen molar-refractivity contribution in [2.45, 2.75) is 45.3 Å². The maximum atomic E-state index is 12.7. The molecule has 2 aliphatic heterocycles. The molecule has 3 unspecified atom stereocenters. The number of aryl methyl sites for hydroxylation is 1. The molecule has 19 heavy (non-hydrogen) atoms. The van der Waals surface area contributed by atoms with Crippen molar-refractivity contribution >= 4 is 5.78 Å². The van der Waals surface area contributed by atoms with E-state index in [1.807, 2.05) is 26.0 Å². The predicted molar refractivity (Wildman–Crippen MR) is 72.8 cm³/mol. The molecule has 0 spiro atoms. The summed E-state index contributed by atoms with van der Waals surface area (Å²) in [4.78, 5) is 12.7. The van der Waals surface area contributed by atoms with Gasteiger partial charge in [0.25, 0.3) is 0 Å². The molecule has 0 amide bonds. The number of hydrogen-bond donors (Lipinski definition) is 0. The van der Waals surface area contributed by atoms with E-state index in [-0.39, 0.29) is 17.8 Å². The van der Waals surface area contributed by atoms with Gasteiger partial charge in [0, 0.05) is 0 Å². The van der Waals surface area contributed by atoms with Gasteiger partial charge in [-0.15, -0.1) is 0 Å². The highest BCUT2D eigenvalue weighted by Gasteiger charge is 2.45. The first-order valence-electron chi connectivity index (χ1n) is 6.95. The molecule has 0 aromatic heterocycles. The van der Waals surface area contributed by atoms with Gasteiger partial charge in [0.15, 0.2) is 5.78 Å². The summed E-state index contributed by atoms with van der Waals surface area (Å²) >= 11 is 0. The van der Waals surface area contributed by atoms with Gasteiger partial charge in [0.2, 0.25) is 0 Å². The minimum atomic E-state index is 0.0229. The molecule has 2 bridgehead atoms. The summed E-state index contributed by atoms with van der Waals surface area (Å²) in [6, 6.07) is 3.90. The Hall–Kier alpha value is -1.35. The molecule has 1 aromatic carbocycles. The molecule has 3 rings (SSSR count). The topological polar surface area (TPSA) is 35.5 Å². The Morgan fingerprint density at radius 1 is 1.32 bits per heavy atom. The number of carbonyl (C=O) groups excluding carboxylic acids is 1. The van der Waals surface area contributed by atoms with Crippen molar-refractivity contribution < 1.29 is 14.3 Å². The summed E-state index contributed by atoms with van der Waals surface area (Å²) in [7, 11) is 1.63. The fourth-order valence-corrected chi connectivity index (χ4v) is 3.36. The molecule has 0 aliphatic carbocycles. The lowest BCUT2D eigenvalue weighted by Gasteiger charge is -2.20. The molecule has 1 aromatic rings. The Bertz CT molecular complexity index is 521. The van der Waals surface area contributed by atoms with Crippen LogP contribution in [0.3, 0.4) is 0 Å². The SMILES string of the molecule is COc1c(C(=O)C2CC3CCC2O3)ccc(C)c1C.